The standard InChI is InChI=1S/C20H26N2O4/c1-2-3-12-26-17-10-6-15(7-11-17)20(25)22-18(13-23)19(24)14-4-8-16(21)9-5-14/h4-11,18-19,23-24H,2-3,12-13,21H2,1H3,(H,22,25). The maximum Gasteiger partial charge on any atom is 0.251 e. The van der Waals surface area contributed by atoms with E-state index < -0.39 is 18.8 Å². The topological polar surface area (TPSA) is 105 Å². The van der Waals surface area contributed by atoms with Crippen molar-refractivity contribution < 1.29 is 19.7 Å². The van der Waals surface area contributed by atoms with Crippen LogP contribution in [0.25, 0.3) is 0 Å². The lowest BCUT2D eigenvalue weighted by molar-refractivity contribution is 0.0703. The van der Waals surface area contributed by atoms with Crippen LogP contribution in [0.5, 0.6) is 5.75 Å². The number of nitrogens with one attached hydrogen (secondary N) is 1. The summed E-state index contributed by atoms with van der Waals surface area (Å²) in [5.41, 5.74) is 7.20. The Morgan fingerprint density at radius 3 is 2.38 bits per heavy atom. The molecule has 0 saturated heterocycles. The number of anilines is 1. The number of hydrogen-bond acceptors (Lipinski definition) is 5. The van der Waals surface area contributed by atoms with Crippen molar-refractivity contribution in [2.75, 3.05) is 18.9 Å². The molecule has 0 heterocycles. The van der Waals surface area contributed by atoms with Gasteiger partial charge < -0.3 is 26.0 Å². The number of amides is 1. The zero-order chi connectivity index (χ0) is 18.9. The lowest BCUT2D eigenvalue weighted by Gasteiger charge is -2.22. The van der Waals surface area contributed by atoms with E-state index in [1.807, 2.05) is 0 Å². The van der Waals surface area contributed by atoms with Crippen molar-refractivity contribution in [1.29, 1.82) is 0 Å². The van der Waals surface area contributed by atoms with Crippen molar-refractivity contribution >= 4 is 11.6 Å². The minimum absolute atomic E-state index is 0.376. The quantitative estimate of drug-likeness (QED) is 0.407. The second-order valence-electron chi connectivity index (χ2n) is 6.10. The third-order valence-corrected chi connectivity index (χ3v) is 4.06. The number of nitrogen functional groups attached to an aromatic ring is 1. The van der Waals surface area contributed by atoms with Crippen LogP contribution in [0.15, 0.2) is 48.5 Å². The summed E-state index contributed by atoms with van der Waals surface area (Å²) in [5, 5.41) is 22.6. The number of unbranched alkanes of at least 4 members (excludes halogenated alkanes) is 1. The van der Waals surface area contributed by atoms with E-state index in [4.69, 9.17) is 10.5 Å². The Kier molecular flexibility index (Phi) is 7.44. The molecule has 0 bridgehead atoms. The fraction of sp³-hybridized carbons (Fsp3) is 0.350. The highest BCUT2D eigenvalue weighted by molar-refractivity contribution is 5.94. The van der Waals surface area contributed by atoms with Crippen molar-refractivity contribution in [3.8, 4) is 5.75 Å². The summed E-state index contributed by atoms with van der Waals surface area (Å²) < 4.78 is 5.57. The summed E-state index contributed by atoms with van der Waals surface area (Å²) in [6, 6.07) is 12.6. The van der Waals surface area contributed by atoms with Crippen molar-refractivity contribution in [3.05, 3.63) is 59.7 Å². The van der Waals surface area contributed by atoms with Gasteiger partial charge in [0.05, 0.1) is 19.3 Å². The molecule has 2 rings (SSSR count). The van der Waals surface area contributed by atoms with Gasteiger partial charge in [0.15, 0.2) is 0 Å². The first kappa shape index (κ1) is 19.8. The van der Waals surface area contributed by atoms with Gasteiger partial charge in [0, 0.05) is 11.3 Å². The predicted octanol–water partition coefficient (Wildman–Crippen LogP) is 2.27. The molecule has 5 N–H and O–H groups in total. The molecule has 2 aromatic rings. The van der Waals surface area contributed by atoms with Gasteiger partial charge in [-0.05, 0) is 48.4 Å². The number of aliphatic hydroxyl groups is 2. The van der Waals surface area contributed by atoms with Crippen LogP contribution in [0.3, 0.4) is 0 Å². The van der Waals surface area contributed by atoms with E-state index >= 15 is 0 Å². The zero-order valence-corrected chi connectivity index (χ0v) is 14.9. The molecule has 2 unspecified atom stereocenters. The van der Waals surface area contributed by atoms with E-state index in [1.165, 1.54) is 0 Å². The maximum atomic E-state index is 12.4. The number of carbonyl (C=O) groups is 1. The van der Waals surface area contributed by atoms with Gasteiger partial charge in [-0.15, -0.1) is 0 Å². The van der Waals surface area contributed by atoms with Crippen LogP contribution in [0.1, 0.15) is 41.8 Å². The van der Waals surface area contributed by atoms with Gasteiger partial charge in [0.1, 0.15) is 11.9 Å². The highest BCUT2D eigenvalue weighted by Gasteiger charge is 2.22. The summed E-state index contributed by atoms with van der Waals surface area (Å²) in [6.45, 7) is 2.34. The monoisotopic (exact) mass is 358 g/mol. The fourth-order valence-electron chi connectivity index (χ4n) is 2.44. The highest BCUT2D eigenvalue weighted by Crippen LogP contribution is 2.19. The summed E-state index contributed by atoms with van der Waals surface area (Å²) in [5.74, 6) is 0.328. The average molecular weight is 358 g/mol. The average Bonchev–Trinajstić information content (AvgIpc) is 2.66. The summed E-state index contributed by atoms with van der Waals surface area (Å²) in [7, 11) is 0. The molecule has 6 heteroatoms. The second kappa shape index (κ2) is 9.79. The van der Waals surface area contributed by atoms with Gasteiger partial charge in [-0.2, -0.15) is 0 Å². The molecule has 0 saturated carbocycles. The number of hydrogen-bond donors (Lipinski definition) is 4. The Morgan fingerprint density at radius 1 is 1.15 bits per heavy atom. The first-order valence-electron chi connectivity index (χ1n) is 8.73. The fourth-order valence-corrected chi connectivity index (χ4v) is 2.44. The Balaban J connectivity index is 1.98. The number of ether oxygens (including phenoxy) is 1. The first-order chi connectivity index (χ1) is 12.5. The van der Waals surface area contributed by atoms with Crippen molar-refractivity contribution in [1.82, 2.24) is 5.32 Å². The summed E-state index contributed by atoms with van der Waals surface area (Å²) >= 11 is 0. The van der Waals surface area contributed by atoms with Crippen LogP contribution in [0, 0.1) is 0 Å². The zero-order valence-electron chi connectivity index (χ0n) is 14.9. The number of aliphatic hydroxyl groups excluding tert-OH is 2. The van der Waals surface area contributed by atoms with Crippen LogP contribution in [-0.2, 0) is 0 Å². The number of rotatable bonds is 9. The predicted molar refractivity (Wildman–Crippen MR) is 101 cm³/mol. The molecule has 140 valence electrons. The van der Waals surface area contributed by atoms with Gasteiger partial charge >= 0.3 is 0 Å². The van der Waals surface area contributed by atoms with E-state index in [0.717, 1.165) is 12.8 Å². The van der Waals surface area contributed by atoms with E-state index in [-0.39, 0.29) is 5.91 Å². The molecular weight excluding hydrogens is 332 g/mol. The minimum atomic E-state index is -1.04. The lowest BCUT2D eigenvalue weighted by Crippen LogP contribution is -2.41. The maximum absolute atomic E-state index is 12.4. The molecule has 0 aliphatic carbocycles. The van der Waals surface area contributed by atoms with Gasteiger partial charge in [-0.25, -0.2) is 0 Å². The molecule has 0 spiro atoms. The molecule has 0 aromatic heterocycles. The molecule has 0 aliphatic rings. The summed E-state index contributed by atoms with van der Waals surface area (Å²) in [4.78, 5) is 12.4. The number of benzene rings is 2. The van der Waals surface area contributed by atoms with E-state index in [0.29, 0.717) is 29.2 Å². The third-order valence-electron chi connectivity index (χ3n) is 4.06. The smallest absolute Gasteiger partial charge is 0.251 e. The lowest BCUT2D eigenvalue weighted by atomic mass is 10.0. The van der Waals surface area contributed by atoms with Crippen LogP contribution >= 0.6 is 0 Å². The molecule has 0 fully saturated rings. The molecule has 0 radical (unpaired) electrons. The molecule has 0 aliphatic heterocycles. The number of carbonyl (C=O) groups excluding carboxylic acids is 1. The molecule has 2 atom stereocenters. The van der Waals surface area contributed by atoms with Crippen LogP contribution < -0.4 is 15.8 Å². The van der Waals surface area contributed by atoms with Gasteiger partial charge in [0.25, 0.3) is 5.91 Å². The van der Waals surface area contributed by atoms with Crippen molar-refractivity contribution in [3.63, 3.8) is 0 Å². The Hall–Kier alpha value is -2.57. The van der Waals surface area contributed by atoms with Crippen molar-refractivity contribution in [2.24, 2.45) is 0 Å². The Morgan fingerprint density at radius 2 is 1.81 bits per heavy atom. The second-order valence-corrected chi connectivity index (χ2v) is 6.10. The minimum Gasteiger partial charge on any atom is -0.494 e. The Bertz CT molecular complexity index is 686. The molecule has 1 amide bonds. The highest BCUT2D eigenvalue weighted by atomic mass is 16.5. The van der Waals surface area contributed by atoms with Crippen LogP contribution in [0.4, 0.5) is 5.69 Å². The van der Waals surface area contributed by atoms with Gasteiger partial charge in [-0.3, -0.25) is 4.79 Å². The van der Waals surface area contributed by atoms with Crippen LogP contribution in [-0.4, -0.2) is 35.4 Å². The van der Waals surface area contributed by atoms with Gasteiger partial charge in [-0.1, -0.05) is 25.5 Å². The van der Waals surface area contributed by atoms with Crippen molar-refractivity contribution in [2.45, 2.75) is 31.9 Å². The molecule has 6 nitrogen and oxygen atoms in total. The Labute approximate surface area is 153 Å². The SMILES string of the molecule is CCCCOc1ccc(C(=O)NC(CO)C(O)c2ccc(N)cc2)cc1. The van der Waals surface area contributed by atoms with E-state index in [9.17, 15) is 15.0 Å². The molecular formula is C20H26N2O4. The first-order valence-corrected chi connectivity index (χ1v) is 8.73. The van der Waals surface area contributed by atoms with E-state index in [2.05, 4.69) is 12.2 Å². The largest absolute Gasteiger partial charge is 0.494 e. The van der Waals surface area contributed by atoms with Crippen LogP contribution in [0.2, 0.25) is 0 Å². The normalized spacial score (nSPS) is 13.0. The molecule has 2 aromatic carbocycles. The van der Waals surface area contributed by atoms with Gasteiger partial charge in [0.2, 0.25) is 0 Å². The summed E-state index contributed by atoms with van der Waals surface area (Å²) in [6.07, 6.45) is 0.990. The molecule has 26 heavy (non-hydrogen) atoms. The van der Waals surface area contributed by atoms with E-state index in [1.54, 1.807) is 48.5 Å². The third kappa shape index (κ3) is 5.47. The number of nitrogens with two attached hydrogens (primary N) is 1.